The third kappa shape index (κ3) is 6.70. The van der Waals surface area contributed by atoms with E-state index in [1.807, 2.05) is 19.9 Å². The lowest BCUT2D eigenvalue weighted by Gasteiger charge is -2.24. The molecule has 2 aromatic carbocycles. The van der Waals surface area contributed by atoms with Crippen LogP contribution >= 0.6 is 11.6 Å². The van der Waals surface area contributed by atoms with Gasteiger partial charge in [0.05, 0.1) is 13.2 Å². The van der Waals surface area contributed by atoms with Crippen LogP contribution in [0.4, 0.5) is 0 Å². The first-order valence-corrected chi connectivity index (χ1v) is 10.5. The van der Waals surface area contributed by atoms with E-state index >= 15 is 0 Å². The molecule has 0 aliphatic rings. The van der Waals surface area contributed by atoms with E-state index < -0.39 is 23.8 Å². The Kier molecular flexibility index (Phi) is 9.55. The molecule has 0 radical (unpaired) electrons. The van der Waals surface area contributed by atoms with Crippen LogP contribution in [-0.2, 0) is 19.1 Å². The van der Waals surface area contributed by atoms with E-state index in [1.54, 1.807) is 48.5 Å². The molecule has 0 heterocycles. The predicted molar refractivity (Wildman–Crippen MR) is 116 cm³/mol. The highest BCUT2D eigenvalue weighted by atomic mass is 35.5. The van der Waals surface area contributed by atoms with E-state index in [0.29, 0.717) is 29.0 Å². The van der Waals surface area contributed by atoms with Crippen LogP contribution in [0.5, 0.6) is 0 Å². The lowest BCUT2D eigenvalue weighted by Crippen LogP contribution is -2.35. The standard InChI is InChI=1S/C24H27ClO5/c1-3-14-29-23(27)22(24(28)30-15-4-2)20(17-10-12-19(25)13-11-17)16-21(26)18-8-6-5-7-9-18/h5-13,20,22H,3-4,14-16H2,1-2H3/t20-/m1/s1. The average molecular weight is 431 g/mol. The molecule has 0 aliphatic heterocycles. The molecular weight excluding hydrogens is 404 g/mol. The van der Waals surface area contributed by atoms with Crippen molar-refractivity contribution in [3.05, 3.63) is 70.7 Å². The lowest BCUT2D eigenvalue weighted by atomic mass is 9.81. The van der Waals surface area contributed by atoms with Crippen LogP contribution in [0.2, 0.25) is 5.02 Å². The first kappa shape index (κ1) is 23.6. The van der Waals surface area contributed by atoms with Crippen molar-refractivity contribution in [3.63, 3.8) is 0 Å². The number of Topliss-reactive ketones (excluding diaryl/α,β-unsaturated/α-hetero) is 1. The van der Waals surface area contributed by atoms with Crippen molar-refractivity contribution in [1.82, 2.24) is 0 Å². The summed E-state index contributed by atoms with van der Waals surface area (Å²) in [7, 11) is 0. The summed E-state index contributed by atoms with van der Waals surface area (Å²) in [5.74, 6) is -3.51. The highest BCUT2D eigenvalue weighted by Gasteiger charge is 2.39. The number of benzene rings is 2. The van der Waals surface area contributed by atoms with E-state index in [4.69, 9.17) is 21.1 Å². The summed E-state index contributed by atoms with van der Waals surface area (Å²) >= 11 is 6.01. The highest BCUT2D eigenvalue weighted by Crippen LogP contribution is 2.33. The van der Waals surface area contributed by atoms with Crippen LogP contribution in [0.15, 0.2) is 54.6 Å². The topological polar surface area (TPSA) is 69.7 Å². The number of ether oxygens (including phenoxy) is 2. The molecule has 2 rings (SSSR count). The van der Waals surface area contributed by atoms with E-state index in [0.717, 1.165) is 0 Å². The van der Waals surface area contributed by atoms with Crippen molar-refractivity contribution in [3.8, 4) is 0 Å². The van der Waals surface area contributed by atoms with Gasteiger partial charge in [0.25, 0.3) is 0 Å². The van der Waals surface area contributed by atoms with Crippen LogP contribution in [0.1, 0.15) is 54.9 Å². The van der Waals surface area contributed by atoms with Gasteiger partial charge in [0.1, 0.15) is 0 Å². The van der Waals surface area contributed by atoms with Gasteiger partial charge in [0.2, 0.25) is 0 Å². The maximum atomic E-state index is 12.9. The van der Waals surface area contributed by atoms with Gasteiger partial charge in [-0.3, -0.25) is 14.4 Å². The molecule has 2 aromatic rings. The second-order valence-corrected chi connectivity index (χ2v) is 7.40. The molecule has 0 aromatic heterocycles. The first-order chi connectivity index (χ1) is 14.5. The summed E-state index contributed by atoms with van der Waals surface area (Å²) in [5.41, 5.74) is 1.16. The van der Waals surface area contributed by atoms with Crippen LogP contribution in [0.3, 0.4) is 0 Å². The third-order valence-electron chi connectivity index (χ3n) is 4.61. The molecule has 160 valence electrons. The fourth-order valence-corrected chi connectivity index (χ4v) is 3.22. The molecule has 0 amide bonds. The van der Waals surface area contributed by atoms with Gasteiger partial charge in [-0.2, -0.15) is 0 Å². The maximum Gasteiger partial charge on any atom is 0.320 e. The number of carbonyl (C=O) groups excluding carboxylic acids is 3. The maximum absolute atomic E-state index is 12.9. The highest BCUT2D eigenvalue weighted by molar-refractivity contribution is 6.30. The summed E-state index contributed by atoms with van der Waals surface area (Å²) in [6.07, 6.45) is 1.20. The largest absolute Gasteiger partial charge is 0.465 e. The summed E-state index contributed by atoms with van der Waals surface area (Å²) in [6, 6.07) is 15.6. The number of ketones is 1. The van der Waals surface area contributed by atoms with Crippen molar-refractivity contribution < 1.29 is 23.9 Å². The molecule has 0 saturated heterocycles. The molecule has 0 bridgehead atoms. The zero-order valence-corrected chi connectivity index (χ0v) is 18.1. The predicted octanol–water partition coefficient (Wildman–Crippen LogP) is 5.22. The Labute approximate surface area is 182 Å². The molecule has 0 saturated carbocycles. The Hall–Kier alpha value is -2.66. The van der Waals surface area contributed by atoms with Crippen molar-refractivity contribution in [2.75, 3.05) is 13.2 Å². The molecular formula is C24H27ClO5. The molecule has 0 fully saturated rings. The normalized spacial score (nSPS) is 11.7. The number of hydrogen-bond donors (Lipinski definition) is 0. The number of hydrogen-bond acceptors (Lipinski definition) is 5. The van der Waals surface area contributed by atoms with Gasteiger partial charge in [-0.1, -0.05) is 67.9 Å². The van der Waals surface area contributed by atoms with Crippen LogP contribution in [0.25, 0.3) is 0 Å². The zero-order chi connectivity index (χ0) is 21.9. The molecule has 1 atom stereocenters. The van der Waals surface area contributed by atoms with E-state index in [2.05, 4.69) is 0 Å². The van der Waals surface area contributed by atoms with Gasteiger partial charge in [0, 0.05) is 22.9 Å². The molecule has 30 heavy (non-hydrogen) atoms. The SMILES string of the molecule is CCCOC(=O)C(C(=O)OCCC)[C@H](CC(=O)c1ccccc1)c1ccc(Cl)cc1. The second-order valence-electron chi connectivity index (χ2n) is 6.96. The fourth-order valence-electron chi connectivity index (χ4n) is 3.09. The van der Waals surface area contributed by atoms with E-state index in [9.17, 15) is 14.4 Å². The Balaban J connectivity index is 2.42. The summed E-state index contributed by atoms with van der Waals surface area (Å²) < 4.78 is 10.6. The quantitative estimate of drug-likeness (QED) is 0.277. The van der Waals surface area contributed by atoms with Gasteiger partial charge < -0.3 is 9.47 Å². The second kappa shape index (κ2) is 12.1. The van der Waals surface area contributed by atoms with Crippen molar-refractivity contribution in [1.29, 1.82) is 0 Å². The van der Waals surface area contributed by atoms with Crippen molar-refractivity contribution >= 4 is 29.3 Å². The molecule has 0 spiro atoms. The van der Waals surface area contributed by atoms with Gasteiger partial charge in [-0.15, -0.1) is 0 Å². The lowest BCUT2D eigenvalue weighted by molar-refractivity contribution is -0.163. The van der Waals surface area contributed by atoms with Gasteiger partial charge in [-0.05, 0) is 30.5 Å². The number of esters is 2. The smallest absolute Gasteiger partial charge is 0.320 e. The Morgan fingerprint density at radius 2 is 1.37 bits per heavy atom. The minimum atomic E-state index is -1.24. The first-order valence-electron chi connectivity index (χ1n) is 10.1. The van der Waals surface area contributed by atoms with Crippen LogP contribution < -0.4 is 0 Å². The van der Waals surface area contributed by atoms with E-state index in [-0.39, 0.29) is 25.4 Å². The van der Waals surface area contributed by atoms with Crippen LogP contribution in [-0.4, -0.2) is 30.9 Å². The number of carbonyl (C=O) groups is 3. The minimum absolute atomic E-state index is 0.0429. The summed E-state index contributed by atoms with van der Waals surface area (Å²) in [4.78, 5) is 38.6. The Morgan fingerprint density at radius 1 is 0.833 bits per heavy atom. The Bertz CT molecular complexity index is 812. The van der Waals surface area contributed by atoms with Gasteiger partial charge in [0.15, 0.2) is 11.7 Å². The van der Waals surface area contributed by atoms with Gasteiger partial charge in [-0.25, -0.2) is 0 Å². The average Bonchev–Trinajstić information content (AvgIpc) is 2.76. The molecule has 0 N–H and O–H groups in total. The van der Waals surface area contributed by atoms with E-state index in [1.165, 1.54) is 0 Å². The van der Waals surface area contributed by atoms with Crippen molar-refractivity contribution in [2.24, 2.45) is 5.92 Å². The number of rotatable bonds is 11. The van der Waals surface area contributed by atoms with Crippen LogP contribution in [0, 0.1) is 5.92 Å². The third-order valence-corrected chi connectivity index (χ3v) is 4.86. The van der Waals surface area contributed by atoms with Gasteiger partial charge >= 0.3 is 11.9 Å². The number of halogens is 1. The minimum Gasteiger partial charge on any atom is -0.465 e. The summed E-state index contributed by atoms with van der Waals surface area (Å²) in [5, 5.41) is 0.519. The zero-order valence-electron chi connectivity index (χ0n) is 17.3. The summed E-state index contributed by atoms with van der Waals surface area (Å²) in [6.45, 7) is 4.12. The Morgan fingerprint density at radius 3 is 1.87 bits per heavy atom. The molecule has 0 aliphatic carbocycles. The van der Waals surface area contributed by atoms with Crippen molar-refractivity contribution in [2.45, 2.75) is 39.0 Å². The fraction of sp³-hybridized carbons (Fsp3) is 0.375. The molecule has 0 unspecified atom stereocenters. The molecule has 5 nitrogen and oxygen atoms in total. The molecule has 6 heteroatoms. The monoisotopic (exact) mass is 430 g/mol.